The van der Waals surface area contributed by atoms with Gasteiger partial charge in [-0.1, -0.05) is 41.4 Å². The molecule has 0 saturated heterocycles. The van der Waals surface area contributed by atoms with E-state index in [0.29, 0.717) is 40.6 Å². The third kappa shape index (κ3) is 3.17. The molecule has 138 valence electrons. The van der Waals surface area contributed by atoms with Crippen molar-refractivity contribution in [3.05, 3.63) is 69.3 Å². The van der Waals surface area contributed by atoms with E-state index in [9.17, 15) is 14.7 Å². The molecule has 1 aliphatic rings. The molecule has 5 nitrogen and oxygen atoms in total. The molecule has 1 aliphatic heterocycles. The number of hydrogen-bond donors (Lipinski definition) is 1. The zero-order chi connectivity index (χ0) is 19.1. The predicted molar refractivity (Wildman–Crippen MR) is 104 cm³/mol. The Kier molecular flexibility index (Phi) is 4.58. The maximum Gasteiger partial charge on any atom is 0.323 e. The van der Waals surface area contributed by atoms with E-state index in [0.717, 1.165) is 16.6 Å². The van der Waals surface area contributed by atoms with Crippen LogP contribution in [0.1, 0.15) is 21.6 Å². The Balaban J connectivity index is 1.76. The van der Waals surface area contributed by atoms with Crippen molar-refractivity contribution in [3.8, 4) is 0 Å². The van der Waals surface area contributed by atoms with Crippen molar-refractivity contribution in [1.82, 2.24) is 9.47 Å². The molecule has 0 unspecified atom stereocenters. The fraction of sp³-hybridized carbons (Fsp3) is 0.200. The third-order valence-corrected chi connectivity index (χ3v) is 5.42. The molecule has 4 rings (SSSR count). The molecule has 7 heteroatoms. The molecular weight excluding hydrogens is 387 g/mol. The molecular formula is C20H16Cl2N2O3. The zero-order valence-corrected chi connectivity index (χ0v) is 15.8. The van der Waals surface area contributed by atoms with Gasteiger partial charge in [0.25, 0.3) is 5.91 Å². The number of hydrogen-bond acceptors (Lipinski definition) is 2. The summed E-state index contributed by atoms with van der Waals surface area (Å²) in [6, 6.07) is 12.4. The summed E-state index contributed by atoms with van der Waals surface area (Å²) in [6.45, 7) is 0.758. The number of carbonyl (C=O) groups is 2. The average molecular weight is 403 g/mol. The highest BCUT2D eigenvalue weighted by molar-refractivity contribution is 6.35. The van der Waals surface area contributed by atoms with Gasteiger partial charge in [0.2, 0.25) is 0 Å². The van der Waals surface area contributed by atoms with Gasteiger partial charge in [-0.2, -0.15) is 0 Å². The van der Waals surface area contributed by atoms with E-state index in [1.165, 1.54) is 0 Å². The van der Waals surface area contributed by atoms with Gasteiger partial charge in [-0.3, -0.25) is 9.59 Å². The van der Waals surface area contributed by atoms with Gasteiger partial charge in [0.05, 0.1) is 10.5 Å². The lowest BCUT2D eigenvalue weighted by Gasteiger charge is -2.28. The van der Waals surface area contributed by atoms with Crippen LogP contribution in [0.2, 0.25) is 10.0 Å². The van der Waals surface area contributed by atoms with Crippen LogP contribution < -0.4 is 0 Å². The van der Waals surface area contributed by atoms with Gasteiger partial charge >= 0.3 is 5.97 Å². The Morgan fingerprint density at radius 1 is 1.11 bits per heavy atom. The zero-order valence-electron chi connectivity index (χ0n) is 14.3. The third-order valence-electron chi connectivity index (χ3n) is 4.88. The van der Waals surface area contributed by atoms with Crippen molar-refractivity contribution in [3.63, 3.8) is 0 Å². The van der Waals surface area contributed by atoms with E-state index < -0.39 is 5.97 Å². The van der Waals surface area contributed by atoms with Crippen LogP contribution in [0.25, 0.3) is 10.9 Å². The molecule has 1 N–H and O–H groups in total. The number of carboxylic acid groups (broad SMARTS) is 1. The van der Waals surface area contributed by atoms with E-state index in [2.05, 4.69) is 0 Å². The second-order valence-corrected chi connectivity index (χ2v) is 7.37. The molecule has 2 heterocycles. The second kappa shape index (κ2) is 6.91. The van der Waals surface area contributed by atoms with Gasteiger partial charge in [0, 0.05) is 46.7 Å². The molecule has 0 radical (unpaired) electrons. The fourth-order valence-corrected chi connectivity index (χ4v) is 4.21. The largest absolute Gasteiger partial charge is 0.480 e. The summed E-state index contributed by atoms with van der Waals surface area (Å²) in [5.74, 6) is -1.02. The van der Waals surface area contributed by atoms with Crippen LogP contribution in [0.3, 0.4) is 0 Å². The van der Waals surface area contributed by atoms with Gasteiger partial charge in [0.1, 0.15) is 6.54 Å². The first kappa shape index (κ1) is 17.9. The van der Waals surface area contributed by atoms with Crippen molar-refractivity contribution in [2.75, 3.05) is 6.54 Å². The second-order valence-electron chi connectivity index (χ2n) is 6.53. The molecule has 1 amide bonds. The van der Waals surface area contributed by atoms with Crippen LogP contribution >= 0.6 is 23.2 Å². The average Bonchev–Trinajstić information content (AvgIpc) is 2.95. The van der Waals surface area contributed by atoms with Crippen molar-refractivity contribution >= 4 is 46.0 Å². The molecule has 0 bridgehead atoms. The number of nitrogens with zero attached hydrogens (tertiary/aromatic N) is 2. The number of para-hydroxylation sites is 1. The van der Waals surface area contributed by atoms with E-state index in [-0.39, 0.29) is 12.5 Å². The standard InChI is InChI=1S/C20H16Cl2N2O3/c21-13-4-1-3-12(9-13)20(27)23-8-7-17-15(10-23)14-5-2-6-16(22)19(14)24(17)11-18(25)26/h1-6,9H,7-8,10-11H2,(H,25,26). The highest BCUT2D eigenvalue weighted by Crippen LogP contribution is 2.35. The minimum absolute atomic E-state index is 0.0932. The van der Waals surface area contributed by atoms with Crippen LogP contribution in [0.15, 0.2) is 42.5 Å². The molecule has 2 aromatic carbocycles. The topological polar surface area (TPSA) is 62.5 Å². The molecule has 1 aromatic heterocycles. The lowest BCUT2D eigenvalue weighted by molar-refractivity contribution is -0.137. The summed E-state index contributed by atoms with van der Waals surface area (Å²) in [6.07, 6.45) is 0.569. The van der Waals surface area contributed by atoms with E-state index in [1.54, 1.807) is 39.8 Å². The normalized spacial score (nSPS) is 13.6. The summed E-state index contributed by atoms with van der Waals surface area (Å²) >= 11 is 12.4. The molecule has 0 aliphatic carbocycles. The Morgan fingerprint density at radius 3 is 2.63 bits per heavy atom. The number of halogens is 2. The van der Waals surface area contributed by atoms with Crippen LogP contribution in [0.4, 0.5) is 0 Å². The maximum atomic E-state index is 12.9. The van der Waals surface area contributed by atoms with Crippen LogP contribution in [-0.4, -0.2) is 33.0 Å². The van der Waals surface area contributed by atoms with Crippen LogP contribution in [0.5, 0.6) is 0 Å². The lowest BCUT2D eigenvalue weighted by Crippen LogP contribution is -2.36. The van der Waals surface area contributed by atoms with E-state index in [4.69, 9.17) is 23.2 Å². The van der Waals surface area contributed by atoms with E-state index in [1.807, 2.05) is 12.1 Å². The van der Waals surface area contributed by atoms with Crippen LogP contribution in [-0.2, 0) is 24.3 Å². The molecule has 3 aromatic rings. The Morgan fingerprint density at radius 2 is 1.89 bits per heavy atom. The fourth-order valence-electron chi connectivity index (χ4n) is 3.75. The first-order valence-corrected chi connectivity index (χ1v) is 9.26. The van der Waals surface area contributed by atoms with Gasteiger partial charge in [-0.25, -0.2) is 0 Å². The van der Waals surface area contributed by atoms with Crippen molar-refractivity contribution in [2.24, 2.45) is 0 Å². The minimum Gasteiger partial charge on any atom is -0.480 e. The van der Waals surface area contributed by atoms with Gasteiger partial charge < -0.3 is 14.6 Å². The van der Waals surface area contributed by atoms with Crippen molar-refractivity contribution < 1.29 is 14.7 Å². The van der Waals surface area contributed by atoms with E-state index >= 15 is 0 Å². The number of benzene rings is 2. The SMILES string of the molecule is O=C(O)Cn1c2c(c3cccc(Cl)c31)CN(C(=O)c1cccc(Cl)c1)CC2. The number of carboxylic acids is 1. The van der Waals surface area contributed by atoms with Crippen molar-refractivity contribution in [2.45, 2.75) is 19.5 Å². The summed E-state index contributed by atoms with van der Waals surface area (Å²) in [7, 11) is 0. The first-order chi connectivity index (χ1) is 13.0. The smallest absolute Gasteiger partial charge is 0.323 e. The number of fused-ring (bicyclic) bond motifs is 3. The lowest BCUT2D eigenvalue weighted by atomic mass is 10.0. The monoisotopic (exact) mass is 402 g/mol. The summed E-state index contributed by atoms with van der Waals surface area (Å²) in [5.41, 5.74) is 3.13. The Hall–Kier alpha value is -2.50. The Bertz CT molecular complexity index is 1070. The number of amides is 1. The summed E-state index contributed by atoms with van der Waals surface area (Å²) in [5, 5.41) is 11.2. The number of aliphatic carboxylic acids is 1. The molecule has 0 fully saturated rings. The predicted octanol–water partition coefficient (Wildman–Crippen LogP) is 4.23. The molecule has 27 heavy (non-hydrogen) atoms. The highest BCUT2D eigenvalue weighted by atomic mass is 35.5. The highest BCUT2D eigenvalue weighted by Gasteiger charge is 2.28. The first-order valence-electron chi connectivity index (χ1n) is 8.51. The molecule has 0 spiro atoms. The maximum absolute atomic E-state index is 12.9. The van der Waals surface area contributed by atoms with Gasteiger partial charge in [-0.05, 0) is 24.3 Å². The number of aromatic nitrogens is 1. The van der Waals surface area contributed by atoms with Gasteiger partial charge in [0.15, 0.2) is 0 Å². The summed E-state index contributed by atoms with van der Waals surface area (Å²) in [4.78, 5) is 26.0. The van der Waals surface area contributed by atoms with Gasteiger partial charge in [-0.15, -0.1) is 0 Å². The molecule has 0 atom stereocenters. The van der Waals surface area contributed by atoms with Crippen LogP contribution in [0, 0.1) is 0 Å². The number of carbonyl (C=O) groups excluding carboxylic acids is 1. The summed E-state index contributed by atoms with van der Waals surface area (Å²) < 4.78 is 1.76. The quantitative estimate of drug-likeness (QED) is 0.712. The van der Waals surface area contributed by atoms with Crippen molar-refractivity contribution in [1.29, 1.82) is 0 Å². The minimum atomic E-state index is -0.924. The molecule has 0 saturated carbocycles. The number of rotatable bonds is 3. The Labute approximate surface area is 165 Å².